The monoisotopic (exact) mass is 357 g/mol. The van der Waals surface area contributed by atoms with Crippen LogP contribution in [0.15, 0.2) is 27.7 Å². The first-order valence-corrected chi connectivity index (χ1v) is 9.10. The van der Waals surface area contributed by atoms with Crippen LogP contribution in [0, 0.1) is 19.8 Å². The summed E-state index contributed by atoms with van der Waals surface area (Å²) < 4.78 is 11.1. The predicted molar refractivity (Wildman–Crippen MR) is 100 cm³/mol. The summed E-state index contributed by atoms with van der Waals surface area (Å²) >= 11 is 0. The summed E-state index contributed by atoms with van der Waals surface area (Å²) in [5, 5.41) is 10.4. The van der Waals surface area contributed by atoms with Crippen molar-refractivity contribution < 1.29 is 9.26 Å². The van der Waals surface area contributed by atoms with Gasteiger partial charge in [0.05, 0.1) is 6.61 Å². The number of aromatic nitrogens is 2. The normalized spacial score (nSPS) is 14.3. The van der Waals surface area contributed by atoms with Crippen LogP contribution in [0.2, 0.25) is 0 Å². The van der Waals surface area contributed by atoms with Crippen LogP contribution in [-0.4, -0.2) is 36.3 Å². The highest BCUT2D eigenvalue weighted by Gasteiger charge is 2.22. The largest absolute Gasteiger partial charge is 0.493 e. The van der Waals surface area contributed by atoms with Gasteiger partial charge < -0.3 is 19.9 Å². The first-order valence-electron chi connectivity index (χ1n) is 9.10. The fourth-order valence-electron chi connectivity index (χ4n) is 2.56. The number of rotatable bonds is 8. The minimum absolute atomic E-state index is 0.625. The third kappa shape index (κ3) is 5.47. The van der Waals surface area contributed by atoms with Crippen molar-refractivity contribution in [2.75, 3.05) is 20.2 Å². The molecule has 1 aromatic heterocycles. The van der Waals surface area contributed by atoms with Crippen molar-refractivity contribution in [3.05, 3.63) is 41.0 Å². The van der Waals surface area contributed by atoms with Gasteiger partial charge in [-0.3, -0.25) is 4.99 Å². The van der Waals surface area contributed by atoms with Crippen molar-refractivity contribution in [3.63, 3.8) is 0 Å². The van der Waals surface area contributed by atoms with Crippen molar-refractivity contribution in [2.45, 2.75) is 39.7 Å². The maximum atomic E-state index is 6.02. The Morgan fingerprint density at radius 3 is 2.85 bits per heavy atom. The minimum atomic E-state index is 0.625. The Kier molecular flexibility index (Phi) is 6.09. The van der Waals surface area contributed by atoms with Gasteiger partial charge in [0.2, 0.25) is 5.89 Å². The smallest absolute Gasteiger partial charge is 0.228 e. The molecule has 1 saturated carbocycles. The van der Waals surface area contributed by atoms with Crippen LogP contribution in [0.3, 0.4) is 0 Å². The summed E-state index contributed by atoms with van der Waals surface area (Å²) in [6.45, 7) is 6.03. The number of hydrogen-bond acceptors (Lipinski definition) is 5. The summed E-state index contributed by atoms with van der Waals surface area (Å²) in [6.07, 6.45) is 3.23. The summed E-state index contributed by atoms with van der Waals surface area (Å²) in [7, 11) is 1.76. The summed E-state index contributed by atoms with van der Waals surface area (Å²) in [6, 6.07) is 6.32. The molecule has 0 spiro atoms. The van der Waals surface area contributed by atoms with Crippen molar-refractivity contribution in [1.29, 1.82) is 0 Å². The van der Waals surface area contributed by atoms with E-state index in [2.05, 4.69) is 50.9 Å². The van der Waals surface area contributed by atoms with E-state index in [0.717, 1.165) is 29.8 Å². The van der Waals surface area contributed by atoms with E-state index in [1.54, 1.807) is 7.05 Å². The Hall–Kier alpha value is -2.57. The third-order valence-electron chi connectivity index (χ3n) is 4.26. The van der Waals surface area contributed by atoms with E-state index in [0.29, 0.717) is 31.2 Å². The first-order chi connectivity index (χ1) is 12.6. The van der Waals surface area contributed by atoms with Gasteiger partial charge in [-0.2, -0.15) is 4.98 Å². The Morgan fingerprint density at radius 1 is 1.31 bits per heavy atom. The second-order valence-electron chi connectivity index (χ2n) is 6.70. The fourth-order valence-corrected chi connectivity index (χ4v) is 2.56. The van der Waals surface area contributed by atoms with Gasteiger partial charge in [-0.15, -0.1) is 0 Å². The van der Waals surface area contributed by atoms with Crippen LogP contribution in [0.4, 0.5) is 0 Å². The molecular weight excluding hydrogens is 330 g/mol. The van der Waals surface area contributed by atoms with Gasteiger partial charge in [0.1, 0.15) is 5.75 Å². The van der Waals surface area contributed by atoms with E-state index in [1.165, 1.54) is 18.4 Å². The number of aryl methyl sites for hydroxylation is 2. The standard InChI is InChI=1S/C19H27N5O2/c1-13-4-7-16(17(10-13)25-12-15-5-6-15)11-22-19(20-3)21-9-8-18-23-14(2)24-26-18/h4,7,10,15H,5-6,8-9,11-12H2,1-3H3,(H2,20,21,22). The topological polar surface area (TPSA) is 84.6 Å². The number of nitrogens with one attached hydrogen (secondary N) is 2. The highest BCUT2D eigenvalue weighted by atomic mass is 16.5. The lowest BCUT2D eigenvalue weighted by atomic mass is 10.1. The van der Waals surface area contributed by atoms with Crippen LogP contribution in [0.5, 0.6) is 5.75 Å². The zero-order chi connectivity index (χ0) is 18.4. The second kappa shape index (κ2) is 8.69. The van der Waals surface area contributed by atoms with E-state index in [-0.39, 0.29) is 0 Å². The molecule has 0 amide bonds. The molecule has 2 aromatic rings. The van der Waals surface area contributed by atoms with Crippen molar-refractivity contribution in [3.8, 4) is 5.75 Å². The van der Waals surface area contributed by atoms with Gasteiger partial charge in [-0.1, -0.05) is 17.3 Å². The Labute approximate surface area is 154 Å². The molecular formula is C19H27N5O2. The number of ether oxygens (including phenoxy) is 1. The first kappa shape index (κ1) is 18.2. The average molecular weight is 357 g/mol. The molecule has 0 bridgehead atoms. The zero-order valence-electron chi connectivity index (χ0n) is 15.7. The molecule has 26 heavy (non-hydrogen) atoms. The van der Waals surface area contributed by atoms with E-state index >= 15 is 0 Å². The minimum Gasteiger partial charge on any atom is -0.493 e. The maximum absolute atomic E-state index is 6.02. The zero-order valence-corrected chi connectivity index (χ0v) is 15.7. The van der Waals surface area contributed by atoms with Crippen molar-refractivity contribution in [1.82, 2.24) is 20.8 Å². The average Bonchev–Trinajstić information content (AvgIpc) is 3.37. The molecule has 7 heteroatoms. The molecule has 0 saturated heterocycles. The lowest BCUT2D eigenvalue weighted by molar-refractivity contribution is 0.296. The lowest BCUT2D eigenvalue weighted by Crippen LogP contribution is -2.38. The van der Waals surface area contributed by atoms with Gasteiger partial charge in [0, 0.05) is 32.1 Å². The Bertz CT molecular complexity index is 752. The Morgan fingerprint density at radius 2 is 2.15 bits per heavy atom. The van der Waals surface area contributed by atoms with Gasteiger partial charge in [-0.05, 0) is 44.2 Å². The number of nitrogens with zero attached hydrogens (tertiary/aromatic N) is 3. The van der Waals surface area contributed by atoms with Gasteiger partial charge in [0.25, 0.3) is 0 Å². The summed E-state index contributed by atoms with van der Waals surface area (Å²) in [5.41, 5.74) is 2.34. The highest BCUT2D eigenvalue weighted by molar-refractivity contribution is 5.79. The molecule has 3 rings (SSSR count). The van der Waals surface area contributed by atoms with E-state index in [4.69, 9.17) is 9.26 Å². The molecule has 1 aliphatic carbocycles. The van der Waals surface area contributed by atoms with E-state index in [9.17, 15) is 0 Å². The second-order valence-corrected chi connectivity index (χ2v) is 6.70. The van der Waals surface area contributed by atoms with E-state index < -0.39 is 0 Å². The van der Waals surface area contributed by atoms with Crippen LogP contribution in [0.1, 0.15) is 35.7 Å². The SMILES string of the molecule is CN=C(NCCc1nc(C)no1)NCc1ccc(C)cc1OCC1CC1. The number of benzene rings is 1. The fraction of sp³-hybridized carbons (Fsp3) is 0.526. The molecule has 1 fully saturated rings. The quantitative estimate of drug-likeness (QED) is 0.557. The third-order valence-corrected chi connectivity index (χ3v) is 4.26. The molecule has 2 N–H and O–H groups in total. The van der Waals surface area contributed by atoms with E-state index in [1.807, 2.05) is 6.92 Å². The molecule has 1 aromatic carbocycles. The summed E-state index contributed by atoms with van der Waals surface area (Å²) in [4.78, 5) is 8.45. The van der Waals surface area contributed by atoms with Crippen molar-refractivity contribution in [2.24, 2.45) is 10.9 Å². The van der Waals surface area contributed by atoms with Gasteiger partial charge in [0.15, 0.2) is 11.8 Å². The van der Waals surface area contributed by atoms with Crippen LogP contribution in [-0.2, 0) is 13.0 Å². The molecule has 140 valence electrons. The molecule has 0 atom stereocenters. The van der Waals surface area contributed by atoms with Gasteiger partial charge in [-0.25, -0.2) is 0 Å². The molecule has 1 heterocycles. The Balaban J connectivity index is 1.49. The van der Waals surface area contributed by atoms with Crippen LogP contribution in [0.25, 0.3) is 0 Å². The number of hydrogen-bond donors (Lipinski definition) is 2. The predicted octanol–water partition coefficient (Wildman–Crippen LogP) is 2.38. The molecule has 0 radical (unpaired) electrons. The lowest BCUT2D eigenvalue weighted by Gasteiger charge is -2.15. The molecule has 0 aliphatic heterocycles. The number of guanidine groups is 1. The summed E-state index contributed by atoms with van der Waals surface area (Å²) in [5.74, 6) is 3.70. The highest BCUT2D eigenvalue weighted by Crippen LogP contribution is 2.30. The van der Waals surface area contributed by atoms with Crippen LogP contribution < -0.4 is 15.4 Å². The molecule has 7 nitrogen and oxygen atoms in total. The van der Waals surface area contributed by atoms with Crippen LogP contribution >= 0.6 is 0 Å². The number of aliphatic imine (C=N–C) groups is 1. The molecule has 1 aliphatic rings. The molecule has 0 unspecified atom stereocenters. The maximum Gasteiger partial charge on any atom is 0.228 e. The van der Waals surface area contributed by atoms with Crippen molar-refractivity contribution >= 4 is 5.96 Å². The van der Waals surface area contributed by atoms with Gasteiger partial charge >= 0.3 is 0 Å².